The number of benzene rings is 2. The molecule has 0 heterocycles. The molecule has 0 saturated carbocycles. The second-order valence-corrected chi connectivity index (χ2v) is 7.75. The van der Waals surface area contributed by atoms with E-state index < -0.39 is 15.8 Å². The molecular weight excluding hydrogens is 361 g/mol. The number of halogens is 1. The van der Waals surface area contributed by atoms with Gasteiger partial charge in [-0.15, -0.1) is 0 Å². The first-order valence-corrected chi connectivity index (χ1v) is 9.20. The monoisotopic (exact) mass is 383 g/mol. The first kappa shape index (κ1) is 20.0. The second kappa shape index (κ2) is 7.92. The fraction of sp³-hybridized carbons (Fsp3) is 0.333. The molecule has 0 aromatic heterocycles. The smallest absolute Gasteiger partial charge is 0.243 e. The molecule has 0 saturated heterocycles. The molecule has 0 aliphatic rings. The van der Waals surface area contributed by atoms with Crippen LogP contribution in [0.1, 0.15) is 11.1 Å². The number of hydrogen-bond donors (Lipinski definition) is 0. The van der Waals surface area contributed by atoms with Gasteiger partial charge in [-0.05, 0) is 48.4 Å². The van der Waals surface area contributed by atoms with Gasteiger partial charge in [0.2, 0.25) is 15.8 Å². The summed E-state index contributed by atoms with van der Waals surface area (Å²) in [5.41, 5.74) is 0.927. The number of nitrogens with zero attached hydrogens (tertiary/aromatic N) is 1. The van der Waals surface area contributed by atoms with Crippen molar-refractivity contribution in [2.75, 3.05) is 28.4 Å². The lowest BCUT2D eigenvalue weighted by Crippen LogP contribution is -2.26. The van der Waals surface area contributed by atoms with Gasteiger partial charge in [0.1, 0.15) is 5.82 Å². The highest BCUT2D eigenvalue weighted by Crippen LogP contribution is 2.38. The summed E-state index contributed by atoms with van der Waals surface area (Å²) in [6.45, 7) is 1.60. The standard InChI is InChI=1S/C18H22FNO5S/c1-12-8-14(6-7-15(12)19)26(21,22)20(2)11-13-9-16(23-3)18(25-5)17(10-13)24-4/h6-10H,11H2,1-5H3. The van der Waals surface area contributed by atoms with Gasteiger partial charge in [-0.3, -0.25) is 0 Å². The predicted octanol–water partition coefficient (Wildman–Crippen LogP) is 2.98. The molecule has 26 heavy (non-hydrogen) atoms. The predicted molar refractivity (Wildman–Crippen MR) is 95.9 cm³/mol. The Labute approximate surface area is 153 Å². The number of ether oxygens (including phenoxy) is 3. The van der Waals surface area contributed by atoms with Crippen LogP contribution in [-0.2, 0) is 16.6 Å². The van der Waals surface area contributed by atoms with Gasteiger partial charge in [-0.1, -0.05) is 0 Å². The maximum Gasteiger partial charge on any atom is 0.243 e. The first-order chi connectivity index (χ1) is 12.2. The zero-order chi connectivity index (χ0) is 19.5. The van der Waals surface area contributed by atoms with Gasteiger partial charge < -0.3 is 14.2 Å². The molecular formula is C18H22FNO5S. The Morgan fingerprint density at radius 1 is 1.00 bits per heavy atom. The molecule has 0 bridgehead atoms. The second-order valence-electron chi connectivity index (χ2n) is 5.71. The third-order valence-corrected chi connectivity index (χ3v) is 5.77. The van der Waals surface area contributed by atoms with Crippen LogP contribution in [0.4, 0.5) is 4.39 Å². The van der Waals surface area contributed by atoms with Crippen molar-refractivity contribution in [3.63, 3.8) is 0 Å². The maximum absolute atomic E-state index is 13.4. The molecule has 8 heteroatoms. The zero-order valence-electron chi connectivity index (χ0n) is 15.4. The number of rotatable bonds is 7. The molecule has 0 radical (unpaired) electrons. The summed E-state index contributed by atoms with van der Waals surface area (Å²) in [6, 6.07) is 7.09. The van der Waals surface area contributed by atoms with E-state index in [2.05, 4.69) is 0 Å². The first-order valence-electron chi connectivity index (χ1n) is 7.76. The van der Waals surface area contributed by atoms with Crippen LogP contribution in [0.25, 0.3) is 0 Å². The molecule has 142 valence electrons. The van der Waals surface area contributed by atoms with E-state index in [1.165, 1.54) is 51.7 Å². The highest BCUT2D eigenvalue weighted by atomic mass is 32.2. The van der Waals surface area contributed by atoms with Crippen LogP contribution in [-0.4, -0.2) is 41.1 Å². The third-order valence-electron chi connectivity index (χ3n) is 3.97. The van der Waals surface area contributed by atoms with Gasteiger partial charge in [0.25, 0.3) is 0 Å². The molecule has 2 rings (SSSR count). The van der Waals surface area contributed by atoms with Crippen LogP contribution in [0.15, 0.2) is 35.2 Å². The summed E-state index contributed by atoms with van der Waals surface area (Å²) in [5, 5.41) is 0. The third kappa shape index (κ3) is 3.91. The Bertz CT molecular complexity index is 873. The van der Waals surface area contributed by atoms with E-state index in [-0.39, 0.29) is 17.0 Å². The van der Waals surface area contributed by atoms with Gasteiger partial charge in [-0.2, -0.15) is 4.31 Å². The highest BCUT2D eigenvalue weighted by molar-refractivity contribution is 7.89. The SMILES string of the molecule is COc1cc(CN(C)S(=O)(=O)c2ccc(F)c(C)c2)cc(OC)c1OC. The normalized spacial score (nSPS) is 11.5. The van der Waals surface area contributed by atoms with E-state index in [1.54, 1.807) is 12.1 Å². The van der Waals surface area contributed by atoms with Crippen LogP contribution in [0.3, 0.4) is 0 Å². The van der Waals surface area contributed by atoms with E-state index in [0.29, 0.717) is 22.8 Å². The van der Waals surface area contributed by atoms with Crippen molar-refractivity contribution < 1.29 is 27.0 Å². The van der Waals surface area contributed by atoms with E-state index in [9.17, 15) is 12.8 Å². The lowest BCUT2D eigenvalue weighted by atomic mass is 10.2. The lowest BCUT2D eigenvalue weighted by Gasteiger charge is -2.19. The van der Waals surface area contributed by atoms with Gasteiger partial charge in [0.05, 0.1) is 26.2 Å². The lowest BCUT2D eigenvalue weighted by molar-refractivity contribution is 0.323. The van der Waals surface area contributed by atoms with Crippen molar-refractivity contribution in [3.8, 4) is 17.2 Å². The molecule has 0 aliphatic carbocycles. The number of aryl methyl sites for hydroxylation is 1. The average molecular weight is 383 g/mol. The van der Waals surface area contributed by atoms with Crippen LogP contribution in [0.5, 0.6) is 17.2 Å². The Morgan fingerprint density at radius 2 is 1.58 bits per heavy atom. The molecule has 0 spiro atoms. The van der Waals surface area contributed by atoms with Crippen LogP contribution < -0.4 is 14.2 Å². The van der Waals surface area contributed by atoms with Crippen molar-refractivity contribution in [2.24, 2.45) is 0 Å². The average Bonchev–Trinajstić information content (AvgIpc) is 2.62. The minimum Gasteiger partial charge on any atom is -0.493 e. The Balaban J connectivity index is 2.36. The largest absolute Gasteiger partial charge is 0.493 e. The van der Waals surface area contributed by atoms with Crippen LogP contribution >= 0.6 is 0 Å². The molecule has 0 unspecified atom stereocenters. The molecule has 0 amide bonds. The highest BCUT2D eigenvalue weighted by Gasteiger charge is 2.23. The summed E-state index contributed by atoms with van der Waals surface area (Å²) in [7, 11) is 2.15. The topological polar surface area (TPSA) is 65.1 Å². The van der Waals surface area contributed by atoms with Gasteiger partial charge >= 0.3 is 0 Å². The fourth-order valence-corrected chi connectivity index (χ4v) is 3.77. The summed E-state index contributed by atoms with van der Waals surface area (Å²) in [5.74, 6) is 0.852. The van der Waals surface area contributed by atoms with Crippen molar-refractivity contribution in [1.29, 1.82) is 0 Å². The van der Waals surface area contributed by atoms with E-state index in [4.69, 9.17) is 14.2 Å². The van der Waals surface area contributed by atoms with Crippen LogP contribution in [0.2, 0.25) is 0 Å². The van der Waals surface area contributed by atoms with Gasteiger partial charge in [0, 0.05) is 13.6 Å². The summed E-state index contributed by atoms with van der Waals surface area (Å²) >= 11 is 0. The Morgan fingerprint density at radius 3 is 2.04 bits per heavy atom. The molecule has 2 aromatic rings. The Kier molecular flexibility index (Phi) is 6.09. The number of methoxy groups -OCH3 is 3. The molecule has 6 nitrogen and oxygen atoms in total. The number of sulfonamides is 1. The van der Waals surface area contributed by atoms with E-state index >= 15 is 0 Å². The molecule has 0 atom stereocenters. The van der Waals surface area contributed by atoms with Crippen molar-refractivity contribution in [3.05, 3.63) is 47.3 Å². The summed E-state index contributed by atoms with van der Waals surface area (Å²) < 4.78 is 55.9. The van der Waals surface area contributed by atoms with E-state index in [1.807, 2.05) is 0 Å². The van der Waals surface area contributed by atoms with Crippen LogP contribution in [0, 0.1) is 12.7 Å². The van der Waals surface area contributed by atoms with Crippen molar-refractivity contribution in [1.82, 2.24) is 4.31 Å². The molecule has 0 aliphatic heterocycles. The zero-order valence-corrected chi connectivity index (χ0v) is 16.2. The fourth-order valence-electron chi connectivity index (χ4n) is 2.53. The quantitative estimate of drug-likeness (QED) is 0.735. The number of hydrogen-bond acceptors (Lipinski definition) is 5. The summed E-state index contributed by atoms with van der Waals surface area (Å²) in [6.07, 6.45) is 0. The molecule has 2 aromatic carbocycles. The summed E-state index contributed by atoms with van der Waals surface area (Å²) in [4.78, 5) is 0.0336. The Hall–Kier alpha value is -2.32. The van der Waals surface area contributed by atoms with E-state index in [0.717, 1.165) is 6.07 Å². The molecule has 0 fully saturated rings. The minimum atomic E-state index is -3.78. The van der Waals surface area contributed by atoms with Crippen molar-refractivity contribution >= 4 is 10.0 Å². The van der Waals surface area contributed by atoms with Gasteiger partial charge in [0.15, 0.2) is 11.5 Å². The van der Waals surface area contributed by atoms with Crippen molar-refractivity contribution in [2.45, 2.75) is 18.4 Å². The maximum atomic E-state index is 13.4. The molecule has 0 N–H and O–H groups in total. The van der Waals surface area contributed by atoms with Gasteiger partial charge in [-0.25, -0.2) is 12.8 Å². The minimum absolute atomic E-state index is 0.0336.